The van der Waals surface area contributed by atoms with Crippen molar-refractivity contribution in [2.24, 2.45) is 0 Å². The fourth-order valence-corrected chi connectivity index (χ4v) is 1.70. The van der Waals surface area contributed by atoms with E-state index in [-0.39, 0.29) is 0 Å². The summed E-state index contributed by atoms with van der Waals surface area (Å²) in [4.78, 5) is 0. The largest absolute Gasteiger partial charge is 0.308 e. The van der Waals surface area contributed by atoms with Crippen LogP contribution >= 0.6 is 0 Å². The van der Waals surface area contributed by atoms with Gasteiger partial charge in [0, 0.05) is 12.7 Å². The Hall–Kier alpha value is -0.760. The summed E-state index contributed by atoms with van der Waals surface area (Å²) in [5, 5.41) is 2.23. The molecule has 0 aromatic heterocycles. The molecular formula is C7H8N2. The molecule has 1 unspecified atom stereocenters. The minimum absolute atomic E-state index is 0.708. The van der Waals surface area contributed by atoms with Crippen LogP contribution in [-0.4, -0.2) is 17.6 Å². The maximum atomic E-state index is 3.30. The van der Waals surface area contributed by atoms with Crippen molar-refractivity contribution in [1.29, 1.82) is 0 Å². The first-order valence-electron chi connectivity index (χ1n) is 3.41. The minimum atomic E-state index is 0.708. The highest BCUT2D eigenvalue weighted by Crippen LogP contribution is 2.42. The van der Waals surface area contributed by atoms with Gasteiger partial charge in [-0.05, 0) is 23.6 Å². The number of fused-ring (bicyclic) bond motifs is 3. The number of rotatable bonds is 0. The summed E-state index contributed by atoms with van der Waals surface area (Å²) in [6, 6.07) is 0.708. The third-order valence-electron chi connectivity index (χ3n) is 2.25. The second-order valence-electron chi connectivity index (χ2n) is 2.80. The third-order valence-corrected chi connectivity index (χ3v) is 2.25. The molecule has 2 heterocycles. The summed E-state index contributed by atoms with van der Waals surface area (Å²) in [6.07, 6.45) is 5.76. The van der Waals surface area contributed by atoms with Crippen LogP contribution in [0.4, 0.5) is 0 Å². The summed E-state index contributed by atoms with van der Waals surface area (Å²) in [5.74, 6) is 0. The number of nitrogens with one attached hydrogen (secondary N) is 1. The van der Waals surface area contributed by atoms with E-state index in [1.807, 2.05) is 0 Å². The van der Waals surface area contributed by atoms with Gasteiger partial charge >= 0.3 is 0 Å². The van der Waals surface area contributed by atoms with Gasteiger partial charge in [0.2, 0.25) is 0 Å². The molecule has 2 nitrogen and oxygen atoms in total. The summed E-state index contributed by atoms with van der Waals surface area (Å²) in [7, 11) is 0. The van der Waals surface area contributed by atoms with Crippen LogP contribution in [0, 0.1) is 0 Å². The van der Waals surface area contributed by atoms with Gasteiger partial charge in [-0.25, -0.2) is 5.43 Å². The molecule has 0 aromatic rings. The van der Waals surface area contributed by atoms with Crippen molar-refractivity contribution in [1.82, 2.24) is 10.4 Å². The van der Waals surface area contributed by atoms with Crippen molar-refractivity contribution < 1.29 is 0 Å². The molecule has 1 fully saturated rings. The number of hydrazine groups is 1. The van der Waals surface area contributed by atoms with E-state index in [0.29, 0.717) is 6.04 Å². The number of hydrogen-bond donors (Lipinski definition) is 1. The Balaban J connectivity index is 2.04. The van der Waals surface area contributed by atoms with Crippen molar-refractivity contribution in [2.45, 2.75) is 12.5 Å². The quantitative estimate of drug-likeness (QED) is 0.498. The van der Waals surface area contributed by atoms with E-state index in [1.54, 1.807) is 5.57 Å². The van der Waals surface area contributed by atoms with Crippen LogP contribution in [0.25, 0.3) is 0 Å². The van der Waals surface area contributed by atoms with Crippen LogP contribution < -0.4 is 5.43 Å². The molecule has 0 radical (unpaired) electrons. The van der Waals surface area contributed by atoms with Gasteiger partial charge in [-0.2, -0.15) is 0 Å². The predicted octanol–water partition coefficient (Wildman–Crippen LogP) is 0.403. The zero-order valence-corrected chi connectivity index (χ0v) is 5.09. The normalized spacial score (nSPS) is 35.6. The zero-order chi connectivity index (χ0) is 5.84. The number of nitrogens with zero attached hydrogens (tertiary/aromatic N) is 1. The lowest BCUT2D eigenvalue weighted by atomic mass is 10.2. The van der Waals surface area contributed by atoms with E-state index in [9.17, 15) is 0 Å². The lowest BCUT2D eigenvalue weighted by Crippen LogP contribution is -2.28. The first-order valence-corrected chi connectivity index (χ1v) is 3.41. The number of allylic oxidation sites excluding steroid dienone is 1. The third kappa shape index (κ3) is 0.368. The minimum Gasteiger partial charge on any atom is -0.308 e. The van der Waals surface area contributed by atoms with E-state index < -0.39 is 0 Å². The molecule has 2 heteroatoms. The van der Waals surface area contributed by atoms with Crippen LogP contribution in [0.2, 0.25) is 0 Å². The molecule has 0 spiro atoms. The first-order chi connectivity index (χ1) is 4.45. The topological polar surface area (TPSA) is 15.3 Å². The predicted molar refractivity (Wildman–Crippen MR) is 34.4 cm³/mol. The fraction of sp³-hybridized carbons (Fsp3) is 0.429. The van der Waals surface area contributed by atoms with Gasteiger partial charge in [0.1, 0.15) is 0 Å². The maximum Gasteiger partial charge on any atom is 0.0717 e. The SMILES string of the molecule is C1=C2C=C2C2CCNN12. The van der Waals surface area contributed by atoms with Crippen LogP contribution in [0.5, 0.6) is 0 Å². The Morgan fingerprint density at radius 2 is 2.67 bits per heavy atom. The van der Waals surface area contributed by atoms with Crippen LogP contribution in [0.1, 0.15) is 6.42 Å². The van der Waals surface area contributed by atoms with Gasteiger partial charge in [0.25, 0.3) is 0 Å². The highest BCUT2D eigenvalue weighted by Gasteiger charge is 2.38. The second kappa shape index (κ2) is 1.07. The molecule has 1 saturated heterocycles. The lowest BCUT2D eigenvalue weighted by molar-refractivity contribution is 0.319. The summed E-state index contributed by atoms with van der Waals surface area (Å²) < 4.78 is 0. The highest BCUT2D eigenvalue weighted by molar-refractivity contribution is 5.63. The molecule has 3 rings (SSSR count). The Morgan fingerprint density at radius 3 is 3.56 bits per heavy atom. The molecule has 0 bridgehead atoms. The molecule has 1 aliphatic carbocycles. The van der Waals surface area contributed by atoms with E-state index in [1.165, 1.54) is 12.0 Å². The average Bonchev–Trinajstić information content (AvgIpc) is 2.38. The van der Waals surface area contributed by atoms with Gasteiger partial charge in [-0.15, -0.1) is 0 Å². The fourth-order valence-electron chi connectivity index (χ4n) is 1.70. The molecule has 3 aliphatic rings. The van der Waals surface area contributed by atoms with Crippen LogP contribution in [-0.2, 0) is 0 Å². The summed E-state index contributed by atoms with van der Waals surface area (Å²) >= 11 is 0. The lowest BCUT2D eigenvalue weighted by Gasteiger charge is -2.14. The Labute approximate surface area is 53.8 Å². The molecular weight excluding hydrogens is 112 g/mol. The molecule has 9 heavy (non-hydrogen) atoms. The first kappa shape index (κ1) is 4.12. The van der Waals surface area contributed by atoms with Gasteiger partial charge in [0.05, 0.1) is 6.04 Å². The number of hydrogen-bond acceptors (Lipinski definition) is 2. The van der Waals surface area contributed by atoms with Gasteiger partial charge in [0.15, 0.2) is 0 Å². The van der Waals surface area contributed by atoms with Gasteiger partial charge < -0.3 is 5.01 Å². The Morgan fingerprint density at radius 1 is 1.67 bits per heavy atom. The molecule has 0 saturated carbocycles. The van der Waals surface area contributed by atoms with Crippen molar-refractivity contribution in [3.63, 3.8) is 0 Å². The molecule has 2 aliphatic heterocycles. The summed E-state index contributed by atoms with van der Waals surface area (Å²) in [5.41, 5.74) is 6.33. The van der Waals surface area contributed by atoms with Crippen molar-refractivity contribution >= 4 is 0 Å². The van der Waals surface area contributed by atoms with Gasteiger partial charge in [-0.3, -0.25) is 0 Å². The maximum absolute atomic E-state index is 3.30. The monoisotopic (exact) mass is 120 g/mol. The van der Waals surface area contributed by atoms with E-state index in [2.05, 4.69) is 22.7 Å². The smallest absolute Gasteiger partial charge is 0.0717 e. The van der Waals surface area contributed by atoms with E-state index >= 15 is 0 Å². The standard InChI is InChI=1S/C7H8N2/c1-2-8-9-4-5-3-6(5)7(1)9/h3-4,7-8H,1-2H2. The van der Waals surface area contributed by atoms with Crippen molar-refractivity contribution in [2.75, 3.05) is 6.54 Å². The molecule has 0 amide bonds. The molecule has 0 aromatic carbocycles. The Bertz CT molecular complexity index is 227. The highest BCUT2D eigenvalue weighted by atomic mass is 15.5. The molecule has 46 valence electrons. The summed E-state index contributed by atoms with van der Waals surface area (Å²) in [6.45, 7) is 1.14. The zero-order valence-electron chi connectivity index (χ0n) is 5.09. The molecule has 1 atom stereocenters. The van der Waals surface area contributed by atoms with E-state index in [0.717, 1.165) is 6.54 Å². The van der Waals surface area contributed by atoms with Crippen molar-refractivity contribution in [3.05, 3.63) is 23.4 Å². The van der Waals surface area contributed by atoms with Crippen LogP contribution in [0.15, 0.2) is 23.4 Å². The Kier molecular flexibility index (Phi) is 0.489. The van der Waals surface area contributed by atoms with Crippen LogP contribution in [0.3, 0.4) is 0 Å². The van der Waals surface area contributed by atoms with E-state index in [4.69, 9.17) is 0 Å². The average molecular weight is 120 g/mol. The second-order valence-corrected chi connectivity index (χ2v) is 2.80. The van der Waals surface area contributed by atoms with Gasteiger partial charge in [-0.1, -0.05) is 0 Å². The molecule has 1 N–H and O–H groups in total. The van der Waals surface area contributed by atoms with Crippen molar-refractivity contribution in [3.8, 4) is 0 Å².